The standard InChI is InChI=1S/C15H9NO5S/c17-13-9-5-1-3-7-11(9)21-15(18)14(13)22-12-8-4-2-6-10(12)16(19)20/h1-8,17H. The van der Waals surface area contributed by atoms with Crippen LogP contribution in [-0.4, -0.2) is 10.0 Å². The van der Waals surface area contributed by atoms with Gasteiger partial charge >= 0.3 is 5.63 Å². The molecule has 6 nitrogen and oxygen atoms in total. The fourth-order valence-electron chi connectivity index (χ4n) is 2.01. The van der Waals surface area contributed by atoms with Crippen molar-refractivity contribution in [3.05, 3.63) is 69.1 Å². The molecule has 7 heteroatoms. The van der Waals surface area contributed by atoms with E-state index in [0.29, 0.717) is 5.39 Å². The summed E-state index contributed by atoms with van der Waals surface area (Å²) in [5.41, 5.74) is -0.615. The van der Waals surface area contributed by atoms with Crippen molar-refractivity contribution >= 4 is 28.4 Å². The first kappa shape index (κ1) is 14.2. The molecule has 110 valence electrons. The third kappa shape index (κ3) is 2.42. The number of benzene rings is 2. The van der Waals surface area contributed by atoms with E-state index in [1.54, 1.807) is 30.3 Å². The number of nitro groups is 1. The van der Waals surface area contributed by atoms with Gasteiger partial charge in [-0.15, -0.1) is 0 Å². The monoisotopic (exact) mass is 315 g/mol. The predicted molar refractivity (Wildman–Crippen MR) is 81.4 cm³/mol. The van der Waals surface area contributed by atoms with Crippen LogP contribution in [0.5, 0.6) is 5.75 Å². The Kier molecular flexibility index (Phi) is 3.56. The molecule has 0 bridgehead atoms. The average Bonchev–Trinajstić information content (AvgIpc) is 2.51. The fraction of sp³-hybridized carbons (Fsp3) is 0. The molecule has 3 rings (SSSR count). The number of aromatic hydroxyl groups is 1. The van der Waals surface area contributed by atoms with Gasteiger partial charge in [0.2, 0.25) is 0 Å². The van der Waals surface area contributed by atoms with Crippen molar-refractivity contribution in [3.8, 4) is 5.75 Å². The van der Waals surface area contributed by atoms with Gasteiger partial charge in [-0.3, -0.25) is 10.1 Å². The third-order valence-corrected chi connectivity index (χ3v) is 4.15. The summed E-state index contributed by atoms with van der Waals surface area (Å²) in [4.78, 5) is 22.7. The van der Waals surface area contributed by atoms with Crippen LogP contribution in [0.2, 0.25) is 0 Å². The van der Waals surface area contributed by atoms with Gasteiger partial charge in [-0.25, -0.2) is 4.79 Å². The normalized spacial score (nSPS) is 10.7. The van der Waals surface area contributed by atoms with Crippen LogP contribution in [0.15, 0.2) is 67.5 Å². The molecule has 0 unspecified atom stereocenters. The lowest BCUT2D eigenvalue weighted by Crippen LogP contribution is -2.02. The molecule has 0 fully saturated rings. The van der Waals surface area contributed by atoms with E-state index in [9.17, 15) is 20.0 Å². The summed E-state index contributed by atoms with van der Waals surface area (Å²) in [5.74, 6) is -0.241. The van der Waals surface area contributed by atoms with Crippen LogP contribution in [0, 0.1) is 10.1 Å². The second-order valence-corrected chi connectivity index (χ2v) is 5.44. The summed E-state index contributed by atoms with van der Waals surface area (Å²) in [6.07, 6.45) is 0. The maximum atomic E-state index is 12.0. The van der Waals surface area contributed by atoms with Gasteiger partial charge in [0.15, 0.2) is 0 Å². The Labute approximate surface area is 128 Å². The molecule has 1 aromatic heterocycles. The molecule has 2 aromatic carbocycles. The van der Waals surface area contributed by atoms with E-state index in [4.69, 9.17) is 4.42 Å². The van der Waals surface area contributed by atoms with E-state index in [2.05, 4.69) is 0 Å². The molecule has 0 spiro atoms. The highest BCUT2D eigenvalue weighted by molar-refractivity contribution is 7.99. The average molecular weight is 315 g/mol. The van der Waals surface area contributed by atoms with E-state index in [-0.39, 0.29) is 26.8 Å². The minimum absolute atomic E-state index is 0.0759. The van der Waals surface area contributed by atoms with Crippen LogP contribution in [0.3, 0.4) is 0 Å². The molecule has 0 radical (unpaired) electrons. The molecule has 3 aromatic rings. The molecular formula is C15H9NO5S. The van der Waals surface area contributed by atoms with Gasteiger partial charge in [0.05, 0.1) is 15.2 Å². The number of hydrogen-bond acceptors (Lipinski definition) is 6. The summed E-state index contributed by atoms with van der Waals surface area (Å²) < 4.78 is 5.14. The third-order valence-electron chi connectivity index (χ3n) is 3.02. The highest BCUT2D eigenvalue weighted by atomic mass is 32.2. The first-order chi connectivity index (χ1) is 10.6. The molecule has 1 heterocycles. The first-order valence-electron chi connectivity index (χ1n) is 6.24. The van der Waals surface area contributed by atoms with E-state index >= 15 is 0 Å². The van der Waals surface area contributed by atoms with Gasteiger partial charge in [-0.1, -0.05) is 36.0 Å². The maximum Gasteiger partial charge on any atom is 0.354 e. The van der Waals surface area contributed by atoms with Crippen LogP contribution in [0.25, 0.3) is 11.0 Å². The van der Waals surface area contributed by atoms with Crippen molar-refractivity contribution < 1.29 is 14.4 Å². The maximum absolute atomic E-state index is 12.0. The van der Waals surface area contributed by atoms with Gasteiger partial charge in [-0.2, -0.15) is 0 Å². The number of nitro benzene ring substituents is 1. The summed E-state index contributed by atoms with van der Waals surface area (Å²) in [6, 6.07) is 12.5. The molecular weight excluding hydrogens is 306 g/mol. The first-order valence-corrected chi connectivity index (χ1v) is 7.05. The predicted octanol–water partition coefficient (Wildman–Crippen LogP) is 3.56. The molecule has 0 amide bonds. The zero-order chi connectivity index (χ0) is 15.7. The van der Waals surface area contributed by atoms with Crippen LogP contribution < -0.4 is 5.63 Å². The number of rotatable bonds is 3. The number of fused-ring (bicyclic) bond motifs is 1. The second-order valence-electron chi connectivity index (χ2n) is 4.39. The molecule has 0 saturated carbocycles. The molecule has 0 saturated heterocycles. The fourth-order valence-corrected chi connectivity index (χ4v) is 2.96. The van der Waals surface area contributed by atoms with E-state index in [0.717, 1.165) is 11.8 Å². The lowest BCUT2D eigenvalue weighted by Gasteiger charge is -2.06. The van der Waals surface area contributed by atoms with Crippen molar-refractivity contribution in [2.24, 2.45) is 0 Å². The molecule has 0 atom stereocenters. The number of nitrogens with zero attached hydrogens (tertiary/aromatic N) is 1. The molecule has 0 aliphatic heterocycles. The van der Waals surface area contributed by atoms with Gasteiger partial charge in [-0.05, 0) is 18.2 Å². The zero-order valence-electron chi connectivity index (χ0n) is 11.1. The van der Waals surface area contributed by atoms with Crippen molar-refractivity contribution in [1.82, 2.24) is 0 Å². The Morgan fingerprint density at radius 1 is 1.09 bits per heavy atom. The highest BCUT2D eigenvalue weighted by Crippen LogP contribution is 2.39. The van der Waals surface area contributed by atoms with Gasteiger partial charge < -0.3 is 9.52 Å². The smallest absolute Gasteiger partial charge is 0.354 e. The summed E-state index contributed by atoms with van der Waals surface area (Å²) in [7, 11) is 0. The largest absolute Gasteiger partial charge is 0.506 e. The van der Waals surface area contributed by atoms with Crippen LogP contribution in [-0.2, 0) is 0 Å². The van der Waals surface area contributed by atoms with Crippen LogP contribution in [0.1, 0.15) is 0 Å². The lowest BCUT2D eigenvalue weighted by atomic mass is 10.2. The Balaban J connectivity index is 2.16. The Bertz CT molecular complexity index is 935. The van der Waals surface area contributed by atoms with Crippen molar-refractivity contribution in [2.45, 2.75) is 9.79 Å². The second kappa shape index (κ2) is 5.53. The van der Waals surface area contributed by atoms with Crippen molar-refractivity contribution in [2.75, 3.05) is 0 Å². The Morgan fingerprint density at radius 3 is 2.55 bits per heavy atom. The summed E-state index contributed by atoms with van der Waals surface area (Å²) in [6.45, 7) is 0. The highest BCUT2D eigenvalue weighted by Gasteiger charge is 2.20. The topological polar surface area (TPSA) is 93.6 Å². The SMILES string of the molecule is O=c1oc2ccccc2c(O)c1Sc1ccccc1[N+](=O)[O-]. The van der Waals surface area contributed by atoms with Gasteiger partial charge in [0, 0.05) is 6.07 Å². The molecule has 0 aliphatic rings. The van der Waals surface area contributed by atoms with E-state index in [1.807, 2.05) is 0 Å². The quantitative estimate of drug-likeness (QED) is 0.451. The van der Waals surface area contributed by atoms with E-state index in [1.165, 1.54) is 18.2 Å². The van der Waals surface area contributed by atoms with Gasteiger partial charge in [0.25, 0.3) is 5.69 Å². The lowest BCUT2D eigenvalue weighted by molar-refractivity contribution is -0.387. The molecule has 22 heavy (non-hydrogen) atoms. The number of para-hydroxylation sites is 2. The minimum atomic E-state index is -0.737. The molecule has 0 aliphatic carbocycles. The van der Waals surface area contributed by atoms with Crippen molar-refractivity contribution in [1.29, 1.82) is 0 Å². The summed E-state index contributed by atoms with van der Waals surface area (Å²) >= 11 is 0.813. The zero-order valence-corrected chi connectivity index (χ0v) is 11.9. The number of hydrogen-bond donors (Lipinski definition) is 1. The van der Waals surface area contributed by atoms with Gasteiger partial charge in [0.1, 0.15) is 16.2 Å². The molecule has 1 N–H and O–H groups in total. The Morgan fingerprint density at radius 2 is 1.77 bits per heavy atom. The summed E-state index contributed by atoms with van der Waals surface area (Å²) in [5, 5.41) is 21.7. The Hall–Kier alpha value is -2.80. The van der Waals surface area contributed by atoms with Crippen LogP contribution in [0.4, 0.5) is 5.69 Å². The van der Waals surface area contributed by atoms with E-state index < -0.39 is 10.5 Å². The van der Waals surface area contributed by atoms with Crippen molar-refractivity contribution in [3.63, 3.8) is 0 Å². The minimum Gasteiger partial charge on any atom is -0.506 e. The van der Waals surface area contributed by atoms with Crippen LogP contribution >= 0.6 is 11.8 Å².